The van der Waals surface area contributed by atoms with Crippen LogP contribution in [0.1, 0.15) is 23.2 Å². The van der Waals surface area contributed by atoms with Gasteiger partial charge in [-0.25, -0.2) is 0 Å². The van der Waals surface area contributed by atoms with Gasteiger partial charge in [-0.2, -0.15) is 0 Å². The zero-order valence-electron chi connectivity index (χ0n) is 12.7. The Bertz CT molecular complexity index is 633. The lowest BCUT2D eigenvalue weighted by Crippen LogP contribution is -2.22. The predicted molar refractivity (Wildman–Crippen MR) is 98.8 cm³/mol. The highest BCUT2D eigenvalue weighted by Gasteiger charge is 2.41. The average Bonchev–Trinajstić information content (AvgIpc) is 2.74. The summed E-state index contributed by atoms with van der Waals surface area (Å²) in [6.07, 6.45) is 0. The second-order valence-electron chi connectivity index (χ2n) is 5.82. The number of nitrogens with zero attached hydrogens (tertiary/aromatic N) is 2. The molecule has 2 atom stereocenters. The van der Waals surface area contributed by atoms with Gasteiger partial charge in [0.15, 0.2) is 0 Å². The summed E-state index contributed by atoms with van der Waals surface area (Å²) in [6.45, 7) is 0.762. The highest BCUT2D eigenvalue weighted by atomic mass is 35.5. The molecule has 0 saturated carbocycles. The quantitative estimate of drug-likeness (QED) is 0.629. The van der Waals surface area contributed by atoms with E-state index >= 15 is 0 Å². The number of likely N-dealkylation sites (N-methyl/N-ethyl adjacent to an activating group) is 2. The molecule has 2 aromatic carbocycles. The molecule has 0 radical (unpaired) electrons. The highest BCUT2D eigenvalue weighted by molar-refractivity contribution is 6.37. The molecule has 0 N–H and O–H groups in total. The van der Waals surface area contributed by atoms with E-state index in [1.54, 1.807) is 0 Å². The Kier molecular flexibility index (Phi) is 5.12. The molecule has 23 heavy (non-hydrogen) atoms. The van der Waals surface area contributed by atoms with Gasteiger partial charge >= 0.3 is 0 Å². The van der Waals surface area contributed by atoms with Crippen molar-refractivity contribution in [3.05, 3.63) is 67.6 Å². The second-order valence-corrected chi connectivity index (χ2v) is 7.44. The molecule has 0 aliphatic carbocycles. The molecular formula is C17H16Cl4N2. The topological polar surface area (TPSA) is 6.48 Å². The maximum Gasteiger partial charge on any atom is 0.0585 e. The molecule has 1 saturated heterocycles. The van der Waals surface area contributed by atoms with Crippen molar-refractivity contribution in [2.45, 2.75) is 12.1 Å². The van der Waals surface area contributed by atoms with Gasteiger partial charge in [0.2, 0.25) is 0 Å². The summed E-state index contributed by atoms with van der Waals surface area (Å²) < 4.78 is 0. The van der Waals surface area contributed by atoms with Gasteiger partial charge in [-0.1, -0.05) is 58.5 Å². The van der Waals surface area contributed by atoms with E-state index in [1.165, 1.54) is 0 Å². The third-order valence-electron chi connectivity index (χ3n) is 4.29. The van der Waals surface area contributed by atoms with Gasteiger partial charge in [0.1, 0.15) is 0 Å². The number of rotatable bonds is 2. The van der Waals surface area contributed by atoms with Crippen LogP contribution in [0.2, 0.25) is 20.1 Å². The van der Waals surface area contributed by atoms with Crippen molar-refractivity contribution >= 4 is 46.4 Å². The number of hydrogen-bond acceptors (Lipinski definition) is 2. The first kappa shape index (κ1) is 17.3. The predicted octanol–water partition coefficient (Wildman–Crippen LogP) is 5.92. The third-order valence-corrected chi connectivity index (χ3v) is 5.60. The number of halogens is 4. The summed E-state index contributed by atoms with van der Waals surface area (Å²) in [5.41, 5.74) is 1.81. The monoisotopic (exact) mass is 388 g/mol. The first-order chi connectivity index (χ1) is 10.9. The van der Waals surface area contributed by atoms with Gasteiger partial charge < -0.3 is 0 Å². The largest absolute Gasteiger partial charge is 0.284 e. The van der Waals surface area contributed by atoms with E-state index in [9.17, 15) is 0 Å². The fourth-order valence-electron chi connectivity index (χ4n) is 3.35. The molecule has 6 heteroatoms. The molecule has 2 aromatic rings. The zero-order chi connectivity index (χ0) is 16.7. The van der Waals surface area contributed by atoms with E-state index in [0.29, 0.717) is 20.1 Å². The fraction of sp³-hybridized carbons (Fsp3) is 0.294. The van der Waals surface area contributed by atoms with Crippen LogP contribution in [0.15, 0.2) is 36.4 Å². The van der Waals surface area contributed by atoms with Crippen molar-refractivity contribution in [1.29, 1.82) is 0 Å². The van der Waals surface area contributed by atoms with E-state index in [4.69, 9.17) is 46.4 Å². The number of benzene rings is 2. The van der Waals surface area contributed by atoms with Crippen LogP contribution in [-0.4, -0.2) is 30.6 Å². The third kappa shape index (κ3) is 3.09. The average molecular weight is 390 g/mol. The molecular weight excluding hydrogens is 374 g/mol. The normalized spacial score (nSPS) is 22.7. The van der Waals surface area contributed by atoms with Crippen LogP contribution < -0.4 is 0 Å². The van der Waals surface area contributed by atoms with Gasteiger partial charge in [-0.05, 0) is 38.4 Å². The molecule has 0 spiro atoms. The van der Waals surface area contributed by atoms with Crippen molar-refractivity contribution in [3.8, 4) is 0 Å². The van der Waals surface area contributed by atoms with Crippen LogP contribution >= 0.6 is 46.4 Å². The molecule has 0 aromatic heterocycles. The Morgan fingerprint density at radius 1 is 0.696 bits per heavy atom. The smallest absolute Gasteiger partial charge is 0.0585 e. The van der Waals surface area contributed by atoms with Crippen LogP contribution in [0.25, 0.3) is 0 Å². The fourth-order valence-corrected chi connectivity index (χ4v) is 4.59. The lowest BCUT2D eigenvalue weighted by molar-refractivity contribution is 0.284. The van der Waals surface area contributed by atoms with E-state index in [1.807, 2.05) is 50.5 Å². The molecule has 122 valence electrons. The van der Waals surface area contributed by atoms with Gasteiger partial charge in [0.25, 0.3) is 0 Å². The summed E-state index contributed by atoms with van der Waals surface area (Å²) in [4.78, 5) is 4.41. The van der Waals surface area contributed by atoms with E-state index in [0.717, 1.165) is 17.8 Å². The maximum absolute atomic E-state index is 6.46. The van der Waals surface area contributed by atoms with Gasteiger partial charge in [-0.3, -0.25) is 9.80 Å². The minimum atomic E-state index is -0.0291. The minimum Gasteiger partial charge on any atom is -0.284 e. The minimum absolute atomic E-state index is 0.0291. The summed E-state index contributed by atoms with van der Waals surface area (Å²) in [6, 6.07) is 11.1. The van der Waals surface area contributed by atoms with Crippen molar-refractivity contribution in [2.75, 3.05) is 20.8 Å². The molecule has 2 nitrogen and oxygen atoms in total. The van der Waals surface area contributed by atoms with Crippen LogP contribution in [0.4, 0.5) is 0 Å². The van der Waals surface area contributed by atoms with Gasteiger partial charge in [-0.15, -0.1) is 0 Å². The molecule has 0 amide bonds. The Morgan fingerprint density at radius 2 is 1.00 bits per heavy atom. The summed E-state index contributed by atoms with van der Waals surface area (Å²) in [5, 5.41) is 2.60. The standard InChI is InChI=1S/C17H16Cl4N2/c1-22-9-23(2)17(15-12(20)7-4-8-13(15)21)16(22)14-10(18)5-3-6-11(14)19/h3-8,16-17H,9H2,1-2H3/t16-,17+. The summed E-state index contributed by atoms with van der Waals surface area (Å²) >= 11 is 25.8. The summed E-state index contributed by atoms with van der Waals surface area (Å²) in [5.74, 6) is 0. The van der Waals surface area contributed by atoms with Crippen molar-refractivity contribution in [1.82, 2.24) is 9.80 Å². The maximum atomic E-state index is 6.46. The molecule has 1 aliphatic rings. The van der Waals surface area contributed by atoms with Crippen molar-refractivity contribution < 1.29 is 0 Å². The Labute approximate surface area is 156 Å². The molecule has 1 fully saturated rings. The van der Waals surface area contributed by atoms with E-state index in [2.05, 4.69) is 9.80 Å². The van der Waals surface area contributed by atoms with Crippen LogP contribution in [0, 0.1) is 0 Å². The van der Waals surface area contributed by atoms with Crippen LogP contribution in [-0.2, 0) is 0 Å². The first-order valence-corrected chi connectivity index (χ1v) is 8.71. The zero-order valence-corrected chi connectivity index (χ0v) is 15.8. The lowest BCUT2D eigenvalue weighted by atomic mass is 9.93. The lowest BCUT2D eigenvalue weighted by Gasteiger charge is -2.29. The van der Waals surface area contributed by atoms with E-state index in [-0.39, 0.29) is 12.1 Å². The van der Waals surface area contributed by atoms with Crippen molar-refractivity contribution in [3.63, 3.8) is 0 Å². The van der Waals surface area contributed by atoms with Gasteiger partial charge in [0, 0.05) is 31.2 Å². The molecule has 1 heterocycles. The molecule has 0 unspecified atom stereocenters. The highest BCUT2D eigenvalue weighted by Crippen LogP contribution is 2.49. The van der Waals surface area contributed by atoms with Crippen molar-refractivity contribution in [2.24, 2.45) is 0 Å². The Morgan fingerprint density at radius 3 is 1.30 bits per heavy atom. The van der Waals surface area contributed by atoms with Crippen LogP contribution in [0.3, 0.4) is 0 Å². The molecule has 1 aliphatic heterocycles. The van der Waals surface area contributed by atoms with Gasteiger partial charge in [0.05, 0.1) is 18.8 Å². The Balaban J connectivity index is 2.18. The number of hydrogen-bond donors (Lipinski definition) is 0. The second kappa shape index (κ2) is 6.79. The Hall–Kier alpha value is -0.480. The molecule has 3 rings (SSSR count). The van der Waals surface area contributed by atoms with E-state index < -0.39 is 0 Å². The molecule has 0 bridgehead atoms. The SMILES string of the molecule is CN1CN(C)[C@@H](c2c(Cl)cccc2Cl)[C@H]1c1c(Cl)cccc1Cl. The first-order valence-electron chi connectivity index (χ1n) is 7.20. The summed E-state index contributed by atoms with van der Waals surface area (Å²) in [7, 11) is 4.09. The van der Waals surface area contributed by atoms with Crippen LogP contribution in [0.5, 0.6) is 0 Å².